The molecule has 1 aromatic heterocycles. The molecule has 0 fully saturated rings. The molecule has 0 bridgehead atoms. The molecule has 0 aliphatic carbocycles. The van der Waals surface area contributed by atoms with Gasteiger partial charge >= 0.3 is 0 Å². The van der Waals surface area contributed by atoms with Gasteiger partial charge < -0.3 is 0 Å². The van der Waals surface area contributed by atoms with E-state index in [1.807, 2.05) is 0 Å². The molecule has 1 heterocycles. The number of aromatic nitrogens is 1. The zero-order valence-electron chi connectivity index (χ0n) is 12.6. The Bertz CT molecular complexity index is 1050. The van der Waals surface area contributed by atoms with Gasteiger partial charge in [-0.25, -0.2) is 22.3 Å². The number of rotatable bonds is 3. The normalized spacial score (nSPS) is 11.5. The summed E-state index contributed by atoms with van der Waals surface area (Å²) in [5.41, 5.74) is 1.65. The van der Waals surface area contributed by atoms with E-state index in [0.29, 0.717) is 21.8 Å². The third kappa shape index (κ3) is 3.53. The summed E-state index contributed by atoms with van der Waals surface area (Å²) in [6.45, 7) is 0. The van der Waals surface area contributed by atoms with E-state index >= 15 is 0 Å². The molecule has 8 heteroatoms. The highest BCUT2D eigenvalue weighted by Crippen LogP contribution is 2.33. The van der Waals surface area contributed by atoms with Gasteiger partial charge in [0.25, 0.3) is 0 Å². The topological polar surface area (TPSA) is 73.1 Å². The molecule has 0 atom stereocenters. The molecule has 0 saturated heterocycles. The lowest BCUT2D eigenvalue weighted by Gasteiger charge is -2.11. The van der Waals surface area contributed by atoms with Gasteiger partial charge in [-0.2, -0.15) is 0 Å². The Morgan fingerprint density at radius 1 is 0.960 bits per heavy atom. The van der Waals surface area contributed by atoms with Crippen LogP contribution in [0, 0.1) is 11.6 Å². The van der Waals surface area contributed by atoms with Gasteiger partial charge in [0.05, 0.1) is 5.69 Å². The average Bonchev–Trinajstić information content (AvgIpc) is 2.53. The number of hydrogen-bond donors (Lipinski definition) is 1. The van der Waals surface area contributed by atoms with Crippen molar-refractivity contribution in [1.82, 2.24) is 4.98 Å². The minimum Gasteiger partial charge on any atom is -0.256 e. The molecule has 0 spiro atoms. The van der Waals surface area contributed by atoms with Crippen molar-refractivity contribution in [2.45, 2.75) is 4.90 Å². The second-order valence-electron chi connectivity index (χ2n) is 5.22. The van der Waals surface area contributed by atoms with Crippen molar-refractivity contribution in [3.05, 3.63) is 71.4 Å². The fraction of sp³-hybridized carbons (Fsp3) is 0. The van der Waals surface area contributed by atoms with Gasteiger partial charge in [0, 0.05) is 22.3 Å². The highest BCUT2D eigenvalue weighted by molar-refractivity contribution is 7.89. The molecular formula is C17H11ClF2N2O2S. The number of sulfonamides is 1. The number of nitrogens with two attached hydrogens (primary N) is 1. The lowest BCUT2D eigenvalue weighted by Crippen LogP contribution is -2.16. The quantitative estimate of drug-likeness (QED) is 0.746. The summed E-state index contributed by atoms with van der Waals surface area (Å²) in [5.74, 6) is -2.53. The molecule has 0 radical (unpaired) electrons. The minimum atomic E-state index is -4.51. The van der Waals surface area contributed by atoms with Crippen LogP contribution < -0.4 is 5.14 Å². The Kier molecular flexibility index (Phi) is 4.55. The SMILES string of the molecule is NS(=O)(=O)c1c(F)cc(-c2cccnc2-c2cccc(Cl)c2)cc1F. The predicted octanol–water partition coefficient (Wildman–Crippen LogP) is 3.99. The summed E-state index contributed by atoms with van der Waals surface area (Å²) in [6, 6.07) is 11.9. The van der Waals surface area contributed by atoms with Gasteiger partial charge in [0.1, 0.15) is 11.6 Å². The zero-order chi connectivity index (χ0) is 18.2. The van der Waals surface area contributed by atoms with Crippen molar-refractivity contribution in [3.63, 3.8) is 0 Å². The number of hydrogen-bond acceptors (Lipinski definition) is 3. The van der Waals surface area contributed by atoms with Crippen LogP contribution in [0.3, 0.4) is 0 Å². The molecule has 25 heavy (non-hydrogen) atoms. The van der Waals surface area contributed by atoms with Crippen LogP contribution in [-0.4, -0.2) is 13.4 Å². The molecule has 0 aliphatic heterocycles. The van der Waals surface area contributed by atoms with Crippen LogP contribution in [-0.2, 0) is 10.0 Å². The van der Waals surface area contributed by atoms with E-state index in [0.717, 1.165) is 12.1 Å². The van der Waals surface area contributed by atoms with E-state index in [2.05, 4.69) is 4.98 Å². The maximum absolute atomic E-state index is 14.2. The highest BCUT2D eigenvalue weighted by Gasteiger charge is 2.22. The monoisotopic (exact) mass is 380 g/mol. The first-order valence-electron chi connectivity index (χ1n) is 7.00. The standard InChI is InChI=1S/C17H11ClF2N2O2S/c18-12-4-1-3-10(7-12)16-13(5-2-6-22-16)11-8-14(19)17(15(20)9-11)25(21,23)24/h1-9H,(H2,21,23,24). The third-order valence-corrected chi connectivity index (χ3v) is 4.69. The van der Waals surface area contributed by atoms with Crippen molar-refractivity contribution in [3.8, 4) is 22.4 Å². The summed E-state index contributed by atoms with van der Waals surface area (Å²) < 4.78 is 50.9. The molecule has 128 valence electrons. The van der Waals surface area contributed by atoms with E-state index in [9.17, 15) is 17.2 Å². The van der Waals surface area contributed by atoms with Crippen LogP contribution in [0.15, 0.2) is 59.6 Å². The highest BCUT2D eigenvalue weighted by atomic mass is 35.5. The number of pyridine rings is 1. The van der Waals surface area contributed by atoms with Gasteiger partial charge in [-0.05, 0) is 35.9 Å². The first kappa shape index (κ1) is 17.5. The molecule has 0 unspecified atom stereocenters. The minimum absolute atomic E-state index is 0.130. The molecule has 3 rings (SSSR count). The lowest BCUT2D eigenvalue weighted by atomic mass is 9.99. The molecule has 0 aliphatic rings. The molecule has 2 aromatic carbocycles. The van der Waals surface area contributed by atoms with Crippen molar-refractivity contribution in [2.75, 3.05) is 0 Å². The van der Waals surface area contributed by atoms with E-state index in [-0.39, 0.29) is 5.56 Å². The summed E-state index contributed by atoms with van der Waals surface area (Å²) in [7, 11) is -4.51. The maximum atomic E-state index is 14.2. The average molecular weight is 381 g/mol. The smallest absolute Gasteiger partial charge is 0.243 e. The largest absolute Gasteiger partial charge is 0.256 e. The summed E-state index contributed by atoms with van der Waals surface area (Å²) in [6.07, 6.45) is 1.53. The summed E-state index contributed by atoms with van der Waals surface area (Å²) in [5, 5.41) is 5.33. The Balaban J connectivity index is 2.22. The lowest BCUT2D eigenvalue weighted by molar-refractivity contribution is 0.520. The molecule has 2 N–H and O–H groups in total. The van der Waals surface area contributed by atoms with Crippen LogP contribution in [0.1, 0.15) is 0 Å². The van der Waals surface area contributed by atoms with E-state index in [4.69, 9.17) is 16.7 Å². The molecule has 0 amide bonds. The fourth-order valence-corrected chi connectivity index (χ4v) is 3.34. The van der Waals surface area contributed by atoms with Crippen LogP contribution in [0.2, 0.25) is 5.02 Å². The second kappa shape index (κ2) is 6.51. The van der Waals surface area contributed by atoms with Gasteiger partial charge in [-0.1, -0.05) is 29.8 Å². The van der Waals surface area contributed by atoms with Crippen LogP contribution >= 0.6 is 11.6 Å². The van der Waals surface area contributed by atoms with Gasteiger partial charge in [0.2, 0.25) is 10.0 Å². The van der Waals surface area contributed by atoms with Crippen molar-refractivity contribution >= 4 is 21.6 Å². The third-order valence-electron chi connectivity index (χ3n) is 3.50. The summed E-state index contributed by atoms with van der Waals surface area (Å²) in [4.78, 5) is 3.09. The van der Waals surface area contributed by atoms with Crippen LogP contribution in [0.25, 0.3) is 22.4 Å². The first-order valence-corrected chi connectivity index (χ1v) is 8.93. The number of benzene rings is 2. The first-order chi connectivity index (χ1) is 11.8. The maximum Gasteiger partial charge on any atom is 0.243 e. The Morgan fingerprint density at radius 2 is 1.64 bits per heavy atom. The van der Waals surface area contributed by atoms with E-state index in [1.165, 1.54) is 6.20 Å². The van der Waals surface area contributed by atoms with Gasteiger partial charge in [-0.15, -0.1) is 0 Å². The molecular weight excluding hydrogens is 370 g/mol. The number of nitrogens with zero attached hydrogens (tertiary/aromatic N) is 1. The molecule has 4 nitrogen and oxygen atoms in total. The Morgan fingerprint density at radius 3 is 2.24 bits per heavy atom. The number of halogens is 3. The summed E-state index contributed by atoms with van der Waals surface area (Å²) >= 11 is 5.99. The molecule has 0 saturated carbocycles. The van der Waals surface area contributed by atoms with Gasteiger partial charge in [-0.3, -0.25) is 4.98 Å². The van der Waals surface area contributed by atoms with Crippen molar-refractivity contribution < 1.29 is 17.2 Å². The van der Waals surface area contributed by atoms with Gasteiger partial charge in [0.15, 0.2) is 4.90 Å². The zero-order valence-corrected chi connectivity index (χ0v) is 14.2. The Hall–Kier alpha value is -2.35. The van der Waals surface area contributed by atoms with Crippen LogP contribution in [0.4, 0.5) is 8.78 Å². The number of primary sulfonamides is 1. The predicted molar refractivity (Wildman–Crippen MR) is 91.4 cm³/mol. The molecule has 3 aromatic rings. The van der Waals surface area contributed by atoms with Crippen molar-refractivity contribution in [1.29, 1.82) is 0 Å². The van der Waals surface area contributed by atoms with E-state index in [1.54, 1.807) is 36.4 Å². The van der Waals surface area contributed by atoms with Crippen LogP contribution in [0.5, 0.6) is 0 Å². The van der Waals surface area contributed by atoms with Crippen molar-refractivity contribution in [2.24, 2.45) is 5.14 Å². The fourth-order valence-electron chi connectivity index (χ4n) is 2.49. The second-order valence-corrected chi connectivity index (χ2v) is 7.16. The van der Waals surface area contributed by atoms with E-state index < -0.39 is 26.6 Å². The Labute approximate surface area is 148 Å².